The molecule has 1 atom stereocenters. The van der Waals surface area contributed by atoms with Crippen molar-refractivity contribution >= 4 is 33.8 Å². The number of piperidine rings is 1. The van der Waals surface area contributed by atoms with Crippen LogP contribution >= 0.6 is 15.9 Å². The third kappa shape index (κ3) is 3.28. The second-order valence-corrected chi connectivity index (χ2v) is 6.03. The van der Waals surface area contributed by atoms with Crippen LogP contribution in [0, 0.1) is 17.2 Å². The summed E-state index contributed by atoms with van der Waals surface area (Å²) in [7, 11) is 0. The monoisotopic (exact) mass is 342 g/mol. The molecular formula is C12H15BrN4O3. The van der Waals surface area contributed by atoms with Gasteiger partial charge in [0.15, 0.2) is 0 Å². The number of carbonyl (C=O) groups is 3. The molecule has 0 bridgehead atoms. The van der Waals surface area contributed by atoms with E-state index in [1.165, 1.54) is 4.90 Å². The predicted molar refractivity (Wildman–Crippen MR) is 72.7 cm³/mol. The van der Waals surface area contributed by atoms with Gasteiger partial charge in [-0.15, -0.1) is 0 Å². The summed E-state index contributed by atoms with van der Waals surface area (Å²) in [4.78, 5) is 37.5. The zero-order valence-electron chi connectivity index (χ0n) is 10.8. The standard InChI is InChI=1S/C12H15BrN4O3/c13-9-6-17(12(20)15-11(9)19)7-10(18)16-3-1-8(5-14)2-4-16/h8-9H,1-4,6-7H2,(H,15,19,20). The van der Waals surface area contributed by atoms with E-state index in [0.717, 1.165) is 0 Å². The minimum absolute atomic E-state index is 0.0156. The Morgan fingerprint density at radius 2 is 2.05 bits per heavy atom. The first-order chi connectivity index (χ1) is 9.51. The number of hydrogen-bond donors (Lipinski definition) is 1. The van der Waals surface area contributed by atoms with Crippen molar-refractivity contribution in [3.63, 3.8) is 0 Å². The van der Waals surface area contributed by atoms with E-state index in [9.17, 15) is 14.4 Å². The number of nitrogens with zero attached hydrogens (tertiary/aromatic N) is 3. The number of rotatable bonds is 2. The Labute approximate surface area is 125 Å². The number of imide groups is 1. The van der Waals surface area contributed by atoms with Crippen molar-refractivity contribution in [2.45, 2.75) is 17.7 Å². The van der Waals surface area contributed by atoms with E-state index in [-0.39, 0.29) is 30.8 Å². The molecule has 0 saturated carbocycles. The van der Waals surface area contributed by atoms with Crippen molar-refractivity contribution in [1.82, 2.24) is 15.1 Å². The Bertz CT molecular complexity index is 468. The van der Waals surface area contributed by atoms with Crippen LogP contribution in [0.15, 0.2) is 0 Å². The van der Waals surface area contributed by atoms with Crippen molar-refractivity contribution in [2.24, 2.45) is 5.92 Å². The summed E-state index contributed by atoms with van der Waals surface area (Å²) in [5.74, 6) is -0.513. The van der Waals surface area contributed by atoms with Crippen LogP contribution in [-0.4, -0.2) is 58.7 Å². The molecule has 2 fully saturated rings. The van der Waals surface area contributed by atoms with Gasteiger partial charge in [-0.1, -0.05) is 15.9 Å². The summed E-state index contributed by atoms with van der Waals surface area (Å²) in [6, 6.07) is 1.67. The molecule has 2 saturated heterocycles. The largest absolute Gasteiger partial charge is 0.341 e. The second-order valence-electron chi connectivity index (χ2n) is 4.93. The summed E-state index contributed by atoms with van der Waals surface area (Å²) < 4.78 is 0. The van der Waals surface area contributed by atoms with Gasteiger partial charge in [-0.05, 0) is 12.8 Å². The van der Waals surface area contributed by atoms with Crippen LogP contribution in [0.2, 0.25) is 0 Å². The number of alkyl halides is 1. The highest BCUT2D eigenvalue weighted by Crippen LogP contribution is 2.17. The van der Waals surface area contributed by atoms with Crippen LogP contribution in [0.25, 0.3) is 0 Å². The number of nitrogens with one attached hydrogen (secondary N) is 1. The highest BCUT2D eigenvalue weighted by atomic mass is 79.9. The van der Waals surface area contributed by atoms with Gasteiger partial charge in [-0.25, -0.2) is 4.79 Å². The zero-order valence-corrected chi connectivity index (χ0v) is 12.4. The molecule has 20 heavy (non-hydrogen) atoms. The quantitative estimate of drug-likeness (QED) is 0.718. The first-order valence-corrected chi connectivity index (χ1v) is 7.34. The molecule has 2 aliphatic heterocycles. The summed E-state index contributed by atoms with van der Waals surface area (Å²) >= 11 is 3.16. The maximum atomic E-state index is 12.1. The maximum absolute atomic E-state index is 12.1. The Hall–Kier alpha value is -1.62. The molecule has 2 aliphatic rings. The predicted octanol–water partition coefficient (Wildman–Crippen LogP) is 0.0639. The molecule has 8 heteroatoms. The van der Waals surface area contributed by atoms with Crippen molar-refractivity contribution in [2.75, 3.05) is 26.2 Å². The molecule has 4 amide bonds. The Morgan fingerprint density at radius 1 is 1.40 bits per heavy atom. The van der Waals surface area contributed by atoms with Gasteiger partial charge in [0, 0.05) is 25.6 Å². The molecule has 0 aromatic carbocycles. The van der Waals surface area contributed by atoms with E-state index >= 15 is 0 Å². The fraction of sp³-hybridized carbons (Fsp3) is 0.667. The van der Waals surface area contributed by atoms with E-state index in [2.05, 4.69) is 27.3 Å². The molecule has 0 spiro atoms. The highest BCUT2D eigenvalue weighted by molar-refractivity contribution is 9.10. The summed E-state index contributed by atoms with van der Waals surface area (Å²) in [6.45, 7) is 1.23. The summed E-state index contributed by atoms with van der Waals surface area (Å²) in [5.41, 5.74) is 0. The first kappa shape index (κ1) is 14.8. The maximum Gasteiger partial charge on any atom is 0.324 e. The second kappa shape index (κ2) is 6.22. The molecular weight excluding hydrogens is 328 g/mol. The lowest BCUT2D eigenvalue weighted by Gasteiger charge is -2.33. The molecule has 0 aliphatic carbocycles. The SMILES string of the molecule is N#CC1CCN(C(=O)CN2CC(Br)C(=O)NC2=O)CC1. The highest BCUT2D eigenvalue weighted by Gasteiger charge is 2.33. The van der Waals surface area contributed by atoms with Gasteiger partial charge >= 0.3 is 6.03 Å². The molecule has 108 valence electrons. The first-order valence-electron chi connectivity index (χ1n) is 6.42. The number of halogens is 1. The van der Waals surface area contributed by atoms with Gasteiger partial charge in [-0.2, -0.15) is 5.26 Å². The van der Waals surface area contributed by atoms with Gasteiger partial charge in [0.25, 0.3) is 0 Å². The zero-order chi connectivity index (χ0) is 14.7. The van der Waals surface area contributed by atoms with Crippen LogP contribution in [0.3, 0.4) is 0 Å². The van der Waals surface area contributed by atoms with Crippen molar-refractivity contribution < 1.29 is 14.4 Å². The van der Waals surface area contributed by atoms with E-state index < -0.39 is 10.9 Å². The third-order valence-electron chi connectivity index (χ3n) is 3.54. The molecule has 1 unspecified atom stereocenters. The van der Waals surface area contributed by atoms with Crippen LogP contribution in [0.4, 0.5) is 4.79 Å². The van der Waals surface area contributed by atoms with Gasteiger partial charge in [0.1, 0.15) is 11.4 Å². The van der Waals surface area contributed by atoms with Gasteiger partial charge in [0.2, 0.25) is 11.8 Å². The average molecular weight is 343 g/mol. The molecule has 0 radical (unpaired) electrons. The molecule has 2 rings (SSSR count). The molecule has 7 nitrogen and oxygen atoms in total. The van der Waals surface area contributed by atoms with Gasteiger partial charge in [-0.3, -0.25) is 14.9 Å². The molecule has 0 aromatic heterocycles. The third-order valence-corrected chi connectivity index (χ3v) is 4.24. The summed E-state index contributed by atoms with van der Waals surface area (Å²) in [5, 5.41) is 11.0. The fourth-order valence-electron chi connectivity index (χ4n) is 2.28. The minimum atomic E-state index is -0.536. The molecule has 1 N–H and O–H groups in total. The van der Waals surface area contributed by atoms with Gasteiger partial charge in [0.05, 0.1) is 6.07 Å². The van der Waals surface area contributed by atoms with Crippen LogP contribution in [-0.2, 0) is 9.59 Å². The van der Waals surface area contributed by atoms with Crippen LogP contribution in [0.1, 0.15) is 12.8 Å². The Morgan fingerprint density at radius 3 is 2.65 bits per heavy atom. The topological polar surface area (TPSA) is 93.5 Å². The Balaban J connectivity index is 1.87. The van der Waals surface area contributed by atoms with Gasteiger partial charge < -0.3 is 9.80 Å². The number of urea groups is 1. The number of nitriles is 1. The molecule has 2 heterocycles. The molecule has 0 aromatic rings. The van der Waals surface area contributed by atoms with E-state index in [1.807, 2.05) is 0 Å². The normalized spacial score (nSPS) is 24.3. The van der Waals surface area contributed by atoms with Crippen molar-refractivity contribution in [3.8, 4) is 6.07 Å². The number of carbonyl (C=O) groups excluding carboxylic acids is 3. The average Bonchev–Trinajstić information content (AvgIpc) is 2.44. The minimum Gasteiger partial charge on any atom is -0.341 e. The van der Waals surface area contributed by atoms with Crippen LogP contribution < -0.4 is 5.32 Å². The van der Waals surface area contributed by atoms with E-state index in [4.69, 9.17) is 5.26 Å². The number of likely N-dealkylation sites (tertiary alicyclic amines) is 1. The van der Waals surface area contributed by atoms with Crippen LogP contribution in [0.5, 0.6) is 0 Å². The smallest absolute Gasteiger partial charge is 0.324 e. The summed E-state index contributed by atoms with van der Waals surface area (Å²) in [6.07, 6.45) is 1.35. The fourth-order valence-corrected chi connectivity index (χ4v) is 2.74. The lowest BCUT2D eigenvalue weighted by Crippen LogP contribution is -2.57. The lowest BCUT2D eigenvalue weighted by molar-refractivity contribution is -0.133. The Kier molecular flexibility index (Phi) is 4.60. The van der Waals surface area contributed by atoms with Crippen molar-refractivity contribution in [1.29, 1.82) is 5.26 Å². The lowest BCUT2D eigenvalue weighted by atomic mass is 9.98. The van der Waals surface area contributed by atoms with Crippen molar-refractivity contribution in [3.05, 3.63) is 0 Å². The van der Waals surface area contributed by atoms with E-state index in [0.29, 0.717) is 25.9 Å². The van der Waals surface area contributed by atoms with E-state index in [1.54, 1.807) is 4.90 Å². The number of hydrogen-bond acceptors (Lipinski definition) is 4. The number of amides is 4.